The molecule has 2 rings (SSSR count). The van der Waals surface area contributed by atoms with Crippen LogP contribution in [0.5, 0.6) is 0 Å². The van der Waals surface area contributed by atoms with E-state index in [2.05, 4.69) is 39.9 Å². The molecule has 0 aromatic carbocycles. The van der Waals surface area contributed by atoms with Gasteiger partial charge in [-0.1, -0.05) is 0 Å². The summed E-state index contributed by atoms with van der Waals surface area (Å²) in [6.45, 7) is 12.1. The van der Waals surface area contributed by atoms with Crippen LogP contribution in [0.15, 0.2) is 21.7 Å². The average molecular weight is 530 g/mol. The van der Waals surface area contributed by atoms with Gasteiger partial charge in [-0.3, -0.25) is 14.5 Å². The van der Waals surface area contributed by atoms with Crippen LogP contribution < -0.4 is 16.0 Å². The lowest BCUT2D eigenvalue weighted by molar-refractivity contribution is 0.0925. The molecule has 0 fully saturated rings. The number of aryl methyl sites for hydroxylation is 3. The van der Waals surface area contributed by atoms with Crippen LogP contribution in [0.4, 0.5) is 0 Å². The van der Waals surface area contributed by atoms with Gasteiger partial charge in [0, 0.05) is 44.0 Å². The minimum absolute atomic E-state index is 0. The number of nitrogens with zero attached hydrogens (tertiary/aromatic N) is 3. The van der Waals surface area contributed by atoms with E-state index in [1.807, 2.05) is 32.5 Å². The maximum atomic E-state index is 12.0. The van der Waals surface area contributed by atoms with Crippen LogP contribution in [-0.2, 0) is 13.5 Å². The lowest BCUT2D eigenvalue weighted by Crippen LogP contribution is -2.43. The quantitative estimate of drug-likeness (QED) is 0.201. The molecule has 0 aliphatic rings. The van der Waals surface area contributed by atoms with Crippen molar-refractivity contribution in [1.82, 2.24) is 25.7 Å². The summed E-state index contributed by atoms with van der Waals surface area (Å²) in [4.78, 5) is 16.7. The van der Waals surface area contributed by atoms with E-state index in [0.717, 1.165) is 36.6 Å². The van der Waals surface area contributed by atoms with Crippen molar-refractivity contribution < 1.29 is 9.21 Å². The average Bonchev–Trinajstić information content (AvgIpc) is 3.19. The number of halogens is 1. The Balaban J connectivity index is 0.00000450. The Hall–Kier alpha value is -2.04. The van der Waals surface area contributed by atoms with E-state index >= 15 is 0 Å². The Morgan fingerprint density at radius 1 is 1.30 bits per heavy atom. The van der Waals surface area contributed by atoms with Gasteiger partial charge in [-0.25, -0.2) is 0 Å². The Labute approximate surface area is 196 Å². The van der Waals surface area contributed by atoms with Crippen molar-refractivity contribution in [3.8, 4) is 0 Å². The molecule has 3 N–H and O–H groups in total. The Morgan fingerprint density at radius 2 is 2.03 bits per heavy atom. The number of nitrogens with one attached hydrogen (secondary N) is 3. The molecule has 0 bridgehead atoms. The summed E-state index contributed by atoms with van der Waals surface area (Å²) in [6.07, 6.45) is 3.16. The highest BCUT2D eigenvalue weighted by molar-refractivity contribution is 14.0. The summed E-state index contributed by atoms with van der Waals surface area (Å²) in [5, 5.41) is 14.1. The first-order valence-corrected chi connectivity index (χ1v) is 10.2. The minimum Gasteiger partial charge on any atom is -0.459 e. The summed E-state index contributed by atoms with van der Waals surface area (Å²) < 4.78 is 7.12. The predicted octanol–water partition coefficient (Wildman–Crippen LogP) is 2.86. The number of amides is 1. The number of guanidine groups is 1. The van der Waals surface area contributed by atoms with E-state index < -0.39 is 0 Å². The summed E-state index contributed by atoms with van der Waals surface area (Å²) in [5.41, 5.74) is 4.38. The number of rotatable bonds is 9. The fourth-order valence-electron chi connectivity index (χ4n) is 3.18. The van der Waals surface area contributed by atoms with Gasteiger partial charge in [-0.05, 0) is 59.1 Å². The number of furan rings is 1. The molecule has 2 aromatic rings. The first-order chi connectivity index (χ1) is 13.8. The molecule has 2 aromatic heterocycles. The first kappa shape index (κ1) is 26.0. The number of carbonyl (C=O) groups excluding carboxylic acids is 1. The van der Waals surface area contributed by atoms with Crippen LogP contribution in [0.1, 0.15) is 53.3 Å². The van der Waals surface area contributed by atoms with Gasteiger partial charge in [-0.15, -0.1) is 24.0 Å². The lowest BCUT2D eigenvalue weighted by atomic mass is 10.1. The highest BCUT2D eigenvalue weighted by Gasteiger charge is 2.14. The second-order valence-corrected chi connectivity index (χ2v) is 7.33. The van der Waals surface area contributed by atoms with Crippen molar-refractivity contribution in [1.29, 1.82) is 0 Å². The molecule has 30 heavy (non-hydrogen) atoms. The normalized spacial score (nSPS) is 12.3. The van der Waals surface area contributed by atoms with Gasteiger partial charge in [0.1, 0.15) is 0 Å². The zero-order chi connectivity index (χ0) is 21.4. The molecule has 9 heteroatoms. The molecule has 0 saturated carbocycles. The Bertz CT molecular complexity index is 843. The fourth-order valence-corrected chi connectivity index (χ4v) is 3.18. The molecular weight excluding hydrogens is 495 g/mol. The number of aromatic nitrogens is 2. The second-order valence-electron chi connectivity index (χ2n) is 7.33. The van der Waals surface area contributed by atoms with Crippen LogP contribution >= 0.6 is 24.0 Å². The number of carbonyl (C=O) groups is 1. The van der Waals surface area contributed by atoms with Gasteiger partial charge in [0.15, 0.2) is 11.7 Å². The third-order valence-corrected chi connectivity index (χ3v) is 4.86. The van der Waals surface area contributed by atoms with Crippen LogP contribution in [0.25, 0.3) is 0 Å². The third-order valence-electron chi connectivity index (χ3n) is 4.86. The lowest BCUT2D eigenvalue weighted by Gasteiger charge is -2.18. The largest absolute Gasteiger partial charge is 0.459 e. The number of hydrogen-bond donors (Lipinski definition) is 3. The van der Waals surface area contributed by atoms with Crippen molar-refractivity contribution >= 4 is 35.8 Å². The molecule has 0 saturated heterocycles. The van der Waals surface area contributed by atoms with E-state index in [9.17, 15) is 4.79 Å². The van der Waals surface area contributed by atoms with Crippen molar-refractivity contribution in [2.75, 3.05) is 19.6 Å². The predicted molar refractivity (Wildman–Crippen MR) is 131 cm³/mol. The van der Waals surface area contributed by atoms with Gasteiger partial charge < -0.3 is 20.4 Å². The summed E-state index contributed by atoms with van der Waals surface area (Å²) >= 11 is 0. The van der Waals surface area contributed by atoms with Crippen LogP contribution in [0.3, 0.4) is 0 Å². The summed E-state index contributed by atoms with van der Waals surface area (Å²) in [5.74, 6) is 0.975. The standard InChI is InChI=1S/C21H34N6O2.HI/c1-7-22-21(25-15(3)13-18-16(4)26-27(6)17(18)5)24-11-8-10-23-20(28)19-14(2)9-12-29-19;/h9,12,15H,7-8,10-11,13H2,1-6H3,(H,23,28)(H2,22,24,25);1H. The van der Waals surface area contributed by atoms with E-state index in [4.69, 9.17) is 4.42 Å². The zero-order valence-corrected chi connectivity index (χ0v) is 21.2. The van der Waals surface area contributed by atoms with Crippen LogP contribution in [0, 0.1) is 20.8 Å². The van der Waals surface area contributed by atoms with Gasteiger partial charge in [0.25, 0.3) is 5.91 Å². The molecule has 1 amide bonds. The highest BCUT2D eigenvalue weighted by atomic mass is 127. The van der Waals surface area contributed by atoms with E-state index in [1.54, 1.807) is 6.07 Å². The maximum absolute atomic E-state index is 12.0. The molecule has 0 aliphatic heterocycles. The Morgan fingerprint density at radius 3 is 2.60 bits per heavy atom. The van der Waals surface area contributed by atoms with Crippen molar-refractivity contribution in [3.05, 3.63) is 40.6 Å². The molecule has 0 spiro atoms. The molecular formula is C21H35IN6O2. The van der Waals surface area contributed by atoms with Crippen LogP contribution in [0.2, 0.25) is 0 Å². The van der Waals surface area contributed by atoms with Crippen molar-refractivity contribution in [3.63, 3.8) is 0 Å². The number of aliphatic imine (C=N–C) groups is 1. The summed E-state index contributed by atoms with van der Waals surface area (Å²) in [6, 6.07) is 2.00. The fraction of sp³-hybridized carbons (Fsp3) is 0.571. The topological polar surface area (TPSA) is 96.5 Å². The van der Waals surface area contributed by atoms with E-state index in [1.165, 1.54) is 17.5 Å². The van der Waals surface area contributed by atoms with E-state index in [-0.39, 0.29) is 35.9 Å². The second kappa shape index (κ2) is 12.6. The number of hydrogen-bond acceptors (Lipinski definition) is 4. The zero-order valence-electron chi connectivity index (χ0n) is 18.8. The molecule has 1 unspecified atom stereocenters. The molecule has 168 valence electrons. The molecule has 1 atom stereocenters. The third kappa shape index (κ3) is 7.33. The molecule has 2 heterocycles. The van der Waals surface area contributed by atoms with Crippen molar-refractivity contribution in [2.24, 2.45) is 12.0 Å². The summed E-state index contributed by atoms with van der Waals surface area (Å²) in [7, 11) is 1.97. The van der Waals surface area contributed by atoms with E-state index in [0.29, 0.717) is 18.8 Å². The molecule has 0 radical (unpaired) electrons. The van der Waals surface area contributed by atoms with Gasteiger partial charge in [0.05, 0.1) is 12.0 Å². The molecule has 0 aliphatic carbocycles. The monoisotopic (exact) mass is 530 g/mol. The first-order valence-electron chi connectivity index (χ1n) is 10.2. The van der Waals surface area contributed by atoms with Gasteiger partial charge >= 0.3 is 0 Å². The highest BCUT2D eigenvalue weighted by Crippen LogP contribution is 2.14. The van der Waals surface area contributed by atoms with Crippen molar-refractivity contribution in [2.45, 2.75) is 53.5 Å². The van der Waals surface area contributed by atoms with Gasteiger partial charge in [0.2, 0.25) is 0 Å². The minimum atomic E-state index is -0.183. The van der Waals surface area contributed by atoms with Crippen LogP contribution in [-0.4, -0.2) is 47.3 Å². The SMILES string of the molecule is CCNC(=NCCCNC(=O)c1occc1C)NC(C)Cc1c(C)nn(C)c1C.I. The maximum Gasteiger partial charge on any atom is 0.287 e. The van der Waals surface area contributed by atoms with Gasteiger partial charge in [-0.2, -0.15) is 5.10 Å². The smallest absolute Gasteiger partial charge is 0.287 e. The Kier molecular flexibility index (Phi) is 10.9. The molecule has 8 nitrogen and oxygen atoms in total.